The van der Waals surface area contributed by atoms with Crippen LogP contribution in [0.15, 0.2) is 24.5 Å². The molecule has 0 aliphatic rings. The molecule has 0 amide bonds. The molecular weight excluding hydrogens is 310 g/mol. The minimum absolute atomic E-state index is 0.140. The Balaban J connectivity index is 2.53. The first-order chi connectivity index (χ1) is 11.5. The van der Waals surface area contributed by atoms with Crippen molar-refractivity contribution in [2.24, 2.45) is 0 Å². The van der Waals surface area contributed by atoms with Crippen LogP contribution in [0.25, 0.3) is 0 Å². The van der Waals surface area contributed by atoms with Crippen molar-refractivity contribution in [1.82, 2.24) is 9.97 Å². The smallest absolute Gasteiger partial charge is 0.353 e. The Hall–Kier alpha value is -2.90. The molecule has 0 fully saturated rings. The van der Waals surface area contributed by atoms with Gasteiger partial charge in [0.25, 0.3) is 0 Å². The lowest BCUT2D eigenvalue weighted by atomic mass is 10.2. The summed E-state index contributed by atoms with van der Waals surface area (Å²) >= 11 is 0. The fraction of sp³-hybridized carbons (Fsp3) is 0.375. The molecule has 2 rings (SSSR count). The van der Waals surface area contributed by atoms with Crippen molar-refractivity contribution < 1.29 is 9.66 Å². The number of nitrogens with one attached hydrogen (secondary N) is 1. The van der Waals surface area contributed by atoms with Gasteiger partial charge in [-0.3, -0.25) is 10.1 Å². The molecule has 0 atom stereocenters. The molecule has 0 radical (unpaired) electrons. The maximum Gasteiger partial charge on any atom is 0.353 e. The van der Waals surface area contributed by atoms with E-state index in [0.29, 0.717) is 30.3 Å². The fourth-order valence-electron chi connectivity index (χ4n) is 2.43. The highest BCUT2D eigenvalue weighted by atomic mass is 16.6. The van der Waals surface area contributed by atoms with Crippen LogP contribution in [-0.2, 0) is 0 Å². The van der Waals surface area contributed by atoms with E-state index in [1.165, 1.54) is 6.33 Å². The van der Waals surface area contributed by atoms with Gasteiger partial charge in [0, 0.05) is 13.1 Å². The minimum Gasteiger partial charge on any atom is -0.495 e. The topological polar surface area (TPSA) is 93.4 Å². The van der Waals surface area contributed by atoms with Gasteiger partial charge in [0.05, 0.1) is 17.7 Å². The number of anilines is 3. The molecule has 0 aliphatic carbocycles. The molecule has 1 aromatic carbocycles. The number of hydrogen-bond donors (Lipinski definition) is 1. The largest absolute Gasteiger partial charge is 0.495 e. The summed E-state index contributed by atoms with van der Waals surface area (Å²) in [6.45, 7) is 7.00. The van der Waals surface area contributed by atoms with Crippen LogP contribution in [0, 0.1) is 17.0 Å². The Bertz CT molecular complexity index is 732. The van der Waals surface area contributed by atoms with Crippen LogP contribution in [0.3, 0.4) is 0 Å². The molecule has 0 saturated heterocycles. The van der Waals surface area contributed by atoms with Crippen molar-refractivity contribution in [3.8, 4) is 5.75 Å². The number of nitro groups is 1. The van der Waals surface area contributed by atoms with Crippen LogP contribution in [0.5, 0.6) is 5.75 Å². The number of aryl methyl sites for hydroxylation is 1. The van der Waals surface area contributed by atoms with E-state index in [1.54, 1.807) is 13.2 Å². The summed E-state index contributed by atoms with van der Waals surface area (Å²) in [5, 5.41) is 14.6. The average Bonchev–Trinajstić information content (AvgIpc) is 2.56. The first-order valence-electron chi connectivity index (χ1n) is 7.67. The SMILES string of the molecule is CCN(CC)c1ncnc(Nc2cc(C)ccc2OC)c1[N+](=O)[O-]. The fourth-order valence-corrected chi connectivity index (χ4v) is 2.43. The number of methoxy groups -OCH3 is 1. The molecule has 0 bridgehead atoms. The van der Waals surface area contributed by atoms with Gasteiger partial charge in [0.15, 0.2) is 0 Å². The molecule has 0 spiro atoms. The van der Waals surface area contributed by atoms with Gasteiger partial charge < -0.3 is 15.0 Å². The van der Waals surface area contributed by atoms with E-state index in [4.69, 9.17) is 4.74 Å². The van der Waals surface area contributed by atoms with Crippen LogP contribution in [0.4, 0.5) is 23.0 Å². The number of rotatable bonds is 7. The van der Waals surface area contributed by atoms with Crippen molar-refractivity contribution in [1.29, 1.82) is 0 Å². The summed E-state index contributed by atoms with van der Waals surface area (Å²) in [6, 6.07) is 5.55. The average molecular weight is 331 g/mol. The van der Waals surface area contributed by atoms with Gasteiger partial charge in [0.1, 0.15) is 12.1 Å². The zero-order valence-corrected chi connectivity index (χ0v) is 14.2. The number of hydrogen-bond acceptors (Lipinski definition) is 7. The molecular formula is C16H21N5O3. The molecule has 1 aromatic heterocycles. The highest BCUT2D eigenvalue weighted by Crippen LogP contribution is 2.36. The first kappa shape index (κ1) is 17.5. The zero-order chi connectivity index (χ0) is 17.7. The van der Waals surface area contributed by atoms with Crippen molar-refractivity contribution in [2.45, 2.75) is 20.8 Å². The van der Waals surface area contributed by atoms with E-state index in [2.05, 4.69) is 15.3 Å². The molecule has 128 valence electrons. The van der Waals surface area contributed by atoms with Crippen LogP contribution in [0.2, 0.25) is 0 Å². The van der Waals surface area contributed by atoms with Crippen LogP contribution >= 0.6 is 0 Å². The summed E-state index contributed by atoms with van der Waals surface area (Å²) < 4.78 is 5.31. The third-order valence-electron chi connectivity index (χ3n) is 3.66. The lowest BCUT2D eigenvalue weighted by Crippen LogP contribution is -2.24. The second-order valence-electron chi connectivity index (χ2n) is 5.15. The Morgan fingerprint density at radius 2 is 2.00 bits per heavy atom. The van der Waals surface area contributed by atoms with Gasteiger partial charge in [0.2, 0.25) is 11.6 Å². The van der Waals surface area contributed by atoms with E-state index < -0.39 is 4.92 Å². The second-order valence-corrected chi connectivity index (χ2v) is 5.15. The van der Waals surface area contributed by atoms with Gasteiger partial charge in [-0.25, -0.2) is 9.97 Å². The maximum absolute atomic E-state index is 11.6. The van der Waals surface area contributed by atoms with Crippen molar-refractivity contribution in [3.63, 3.8) is 0 Å². The van der Waals surface area contributed by atoms with Gasteiger partial charge in [-0.15, -0.1) is 0 Å². The Morgan fingerprint density at radius 1 is 1.29 bits per heavy atom. The zero-order valence-electron chi connectivity index (χ0n) is 14.2. The molecule has 1 heterocycles. The summed E-state index contributed by atoms with van der Waals surface area (Å²) in [5.41, 5.74) is 1.47. The van der Waals surface area contributed by atoms with Crippen LogP contribution in [-0.4, -0.2) is 35.1 Å². The van der Waals surface area contributed by atoms with Crippen molar-refractivity contribution in [2.75, 3.05) is 30.4 Å². The predicted octanol–water partition coefficient (Wildman–Crippen LogP) is 3.29. The lowest BCUT2D eigenvalue weighted by molar-refractivity contribution is -0.383. The molecule has 8 nitrogen and oxygen atoms in total. The monoisotopic (exact) mass is 331 g/mol. The molecule has 0 unspecified atom stereocenters. The van der Waals surface area contributed by atoms with Gasteiger partial charge >= 0.3 is 5.69 Å². The molecule has 1 N–H and O–H groups in total. The number of aromatic nitrogens is 2. The summed E-state index contributed by atoms with van der Waals surface area (Å²) in [5.74, 6) is 1.02. The third kappa shape index (κ3) is 3.53. The van der Waals surface area contributed by atoms with E-state index in [0.717, 1.165) is 5.56 Å². The van der Waals surface area contributed by atoms with Crippen LogP contribution in [0.1, 0.15) is 19.4 Å². The molecule has 0 aliphatic heterocycles. The van der Waals surface area contributed by atoms with Gasteiger partial charge in [-0.1, -0.05) is 6.07 Å². The van der Waals surface area contributed by atoms with E-state index in [-0.39, 0.29) is 11.5 Å². The van der Waals surface area contributed by atoms with Crippen molar-refractivity contribution in [3.05, 3.63) is 40.2 Å². The second kappa shape index (κ2) is 7.58. The van der Waals surface area contributed by atoms with E-state index in [1.807, 2.05) is 37.8 Å². The van der Waals surface area contributed by atoms with E-state index in [9.17, 15) is 10.1 Å². The summed E-state index contributed by atoms with van der Waals surface area (Å²) in [6.07, 6.45) is 1.32. The molecule has 0 saturated carbocycles. The third-order valence-corrected chi connectivity index (χ3v) is 3.66. The number of nitrogens with zero attached hydrogens (tertiary/aromatic N) is 4. The quantitative estimate of drug-likeness (QED) is 0.614. The van der Waals surface area contributed by atoms with Crippen LogP contribution < -0.4 is 15.0 Å². The molecule has 8 heteroatoms. The molecule has 24 heavy (non-hydrogen) atoms. The lowest BCUT2D eigenvalue weighted by Gasteiger charge is -2.20. The van der Waals surface area contributed by atoms with Gasteiger partial charge in [-0.05, 0) is 38.5 Å². The summed E-state index contributed by atoms with van der Waals surface area (Å²) in [7, 11) is 1.55. The standard InChI is InChI=1S/C16H21N5O3/c1-5-20(6-2)16-14(21(22)23)15(17-10-18-16)19-12-9-11(3)7-8-13(12)24-4/h7-10H,5-6H2,1-4H3,(H,17,18,19). The predicted molar refractivity (Wildman–Crippen MR) is 93.3 cm³/mol. The number of benzene rings is 1. The van der Waals surface area contributed by atoms with Crippen molar-refractivity contribution >= 4 is 23.0 Å². The molecule has 2 aromatic rings. The highest BCUT2D eigenvalue weighted by molar-refractivity contribution is 5.76. The minimum atomic E-state index is -0.460. The van der Waals surface area contributed by atoms with E-state index >= 15 is 0 Å². The normalized spacial score (nSPS) is 10.3. The Morgan fingerprint density at radius 3 is 2.58 bits per heavy atom. The summed E-state index contributed by atoms with van der Waals surface area (Å²) in [4.78, 5) is 21.1. The first-order valence-corrected chi connectivity index (χ1v) is 7.67. The Labute approximate surface area is 140 Å². The maximum atomic E-state index is 11.6. The number of ether oxygens (including phenoxy) is 1. The Kier molecular flexibility index (Phi) is 5.51. The highest BCUT2D eigenvalue weighted by Gasteiger charge is 2.26. The van der Waals surface area contributed by atoms with Gasteiger partial charge in [-0.2, -0.15) is 0 Å².